The molecule has 27 heavy (non-hydrogen) atoms. The van der Waals surface area contributed by atoms with Crippen LogP contribution in [0.5, 0.6) is 5.75 Å². The molecule has 0 amide bonds. The predicted molar refractivity (Wildman–Crippen MR) is 106 cm³/mol. The Kier molecular flexibility index (Phi) is 5.18. The normalized spacial score (nSPS) is 15.0. The fourth-order valence-corrected chi connectivity index (χ4v) is 4.26. The van der Waals surface area contributed by atoms with E-state index in [1.165, 1.54) is 6.26 Å². The number of methoxy groups -OCH3 is 1. The number of sulfone groups is 1. The monoisotopic (exact) mass is 390 g/mol. The van der Waals surface area contributed by atoms with Crippen molar-refractivity contribution in [1.29, 1.82) is 0 Å². The van der Waals surface area contributed by atoms with E-state index < -0.39 is 9.84 Å². The van der Waals surface area contributed by atoms with Crippen LogP contribution in [0.3, 0.4) is 0 Å². The summed E-state index contributed by atoms with van der Waals surface area (Å²) in [5.41, 5.74) is 3.31. The average molecular weight is 391 g/mol. The summed E-state index contributed by atoms with van der Waals surface area (Å²) in [6.07, 6.45) is 3.66. The summed E-state index contributed by atoms with van der Waals surface area (Å²) >= 11 is 0. The third-order valence-electron chi connectivity index (χ3n) is 5.22. The van der Waals surface area contributed by atoms with Gasteiger partial charge in [0.05, 0.1) is 12.0 Å². The summed E-state index contributed by atoms with van der Waals surface area (Å²) in [4.78, 5) is 15.2. The first-order valence-corrected chi connectivity index (χ1v) is 10.9. The molecule has 0 unspecified atom stereocenters. The molecule has 7 heteroatoms. The van der Waals surface area contributed by atoms with Crippen LogP contribution >= 0.6 is 0 Å². The number of aromatic nitrogens is 1. The van der Waals surface area contributed by atoms with Gasteiger partial charge in [-0.25, -0.2) is 8.42 Å². The van der Waals surface area contributed by atoms with Crippen LogP contribution in [0.4, 0.5) is 0 Å². The molecular formula is C20H26N2O4S. The summed E-state index contributed by atoms with van der Waals surface area (Å²) in [5, 5.41) is 0. The molecule has 0 saturated carbocycles. The van der Waals surface area contributed by atoms with Gasteiger partial charge in [0.15, 0.2) is 9.84 Å². The third kappa shape index (κ3) is 3.66. The maximum Gasteiger partial charge on any atom is 0.253 e. The molecule has 2 aromatic rings. The Hall–Kier alpha value is -2.12. The summed E-state index contributed by atoms with van der Waals surface area (Å²) in [6, 6.07) is 5.22. The molecule has 0 bridgehead atoms. The van der Waals surface area contributed by atoms with Gasteiger partial charge in [-0.2, -0.15) is 0 Å². The van der Waals surface area contributed by atoms with Gasteiger partial charge < -0.3 is 9.30 Å². The van der Waals surface area contributed by atoms with Crippen LogP contribution in [0.1, 0.15) is 25.0 Å². The number of rotatable bonds is 4. The summed E-state index contributed by atoms with van der Waals surface area (Å²) in [5.74, 6) is 0.588. The molecule has 2 heterocycles. The summed E-state index contributed by atoms with van der Waals surface area (Å²) < 4.78 is 31.2. The first-order valence-electron chi connectivity index (χ1n) is 8.97. The van der Waals surface area contributed by atoms with E-state index >= 15 is 0 Å². The molecule has 0 atom stereocenters. The Morgan fingerprint density at radius 3 is 2.44 bits per heavy atom. The molecule has 0 aliphatic carbocycles. The van der Waals surface area contributed by atoms with E-state index in [0.717, 1.165) is 23.2 Å². The second-order valence-corrected chi connectivity index (χ2v) is 9.38. The lowest BCUT2D eigenvalue weighted by Crippen LogP contribution is -2.39. The van der Waals surface area contributed by atoms with E-state index in [1.54, 1.807) is 43.1 Å². The quantitative estimate of drug-likeness (QED) is 0.801. The van der Waals surface area contributed by atoms with Crippen molar-refractivity contribution >= 4 is 9.84 Å². The maximum atomic E-state index is 12.7. The molecule has 0 spiro atoms. The zero-order valence-corrected chi connectivity index (χ0v) is 17.3. The van der Waals surface area contributed by atoms with Crippen LogP contribution in [0.15, 0.2) is 34.1 Å². The van der Waals surface area contributed by atoms with E-state index in [9.17, 15) is 13.2 Å². The number of pyridine rings is 1. The first-order chi connectivity index (χ1) is 12.6. The van der Waals surface area contributed by atoms with Crippen molar-refractivity contribution in [1.82, 2.24) is 9.47 Å². The number of benzene rings is 1. The first kappa shape index (κ1) is 19.6. The second kappa shape index (κ2) is 7.13. The van der Waals surface area contributed by atoms with Crippen LogP contribution in [0, 0.1) is 0 Å². The van der Waals surface area contributed by atoms with Gasteiger partial charge in [-0.15, -0.1) is 0 Å². The molecule has 0 N–H and O–H groups in total. The summed E-state index contributed by atoms with van der Waals surface area (Å²) in [6.45, 7) is 5.77. The van der Waals surface area contributed by atoms with Gasteiger partial charge in [-0.1, -0.05) is 0 Å². The standard InChI is InChI=1S/C20H26N2O4S/c1-13(2)22-9-8-15-18(12-22)17(11-21(3)20(15)23)16-10-14(27(5,24)25)6-7-19(16)26-4/h6-7,10-11,13H,8-9,12H2,1-5H3. The predicted octanol–water partition coefficient (Wildman–Crippen LogP) is 2.23. The minimum atomic E-state index is -3.36. The van der Waals surface area contributed by atoms with Crippen molar-refractivity contribution in [2.75, 3.05) is 19.9 Å². The highest BCUT2D eigenvalue weighted by molar-refractivity contribution is 7.90. The van der Waals surface area contributed by atoms with Gasteiger partial charge in [-0.05, 0) is 44.0 Å². The highest BCUT2D eigenvalue weighted by atomic mass is 32.2. The number of ether oxygens (including phenoxy) is 1. The highest BCUT2D eigenvalue weighted by Crippen LogP contribution is 2.36. The Morgan fingerprint density at radius 1 is 1.15 bits per heavy atom. The number of fused-ring (bicyclic) bond motifs is 1. The van der Waals surface area contributed by atoms with Crippen LogP contribution < -0.4 is 10.3 Å². The Bertz CT molecular complexity index is 1040. The van der Waals surface area contributed by atoms with E-state index in [4.69, 9.17) is 4.74 Å². The molecule has 1 aliphatic rings. The van der Waals surface area contributed by atoms with Crippen molar-refractivity contribution in [2.24, 2.45) is 7.05 Å². The lowest BCUT2D eigenvalue weighted by atomic mass is 9.92. The zero-order chi connectivity index (χ0) is 19.9. The lowest BCUT2D eigenvalue weighted by Gasteiger charge is -2.33. The van der Waals surface area contributed by atoms with Gasteiger partial charge in [0.2, 0.25) is 0 Å². The molecule has 0 radical (unpaired) electrons. The van der Waals surface area contributed by atoms with Crippen LogP contribution in [0.25, 0.3) is 11.1 Å². The van der Waals surface area contributed by atoms with Gasteiger partial charge in [0.1, 0.15) is 5.75 Å². The van der Waals surface area contributed by atoms with Gasteiger partial charge >= 0.3 is 0 Å². The molecule has 6 nitrogen and oxygen atoms in total. The van der Waals surface area contributed by atoms with Crippen molar-refractivity contribution < 1.29 is 13.2 Å². The third-order valence-corrected chi connectivity index (χ3v) is 6.33. The number of hydrogen-bond donors (Lipinski definition) is 0. The van der Waals surface area contributed by atoms with E-state index in [1.807, 2.05) is 0 Å². The van der Waals surface area contributed by atoms with Crippen molar-refractivity contribution in [3.05, 3.63) is 45.9 Å². The number of hydrogen-bond acceptors (Lipinski definition) is 5. The van der Waals surface area contributed by atoms with Crippen molar-refractivity contribution in [3.8, 4) is 16.9 Å². The number of nitrogens with zero attached hydrogens (tertiary/aromatic N) is 2. The summed E-state index contributed by atoms with van der Waals surface area (Å²) in [7, 11) is -0.0633. The molecule has 3 rings (SSSR count). The van der Waals surface area contributed by atoms with E-state index in [0.29, 0.717) is 30.3 Å². The smallest absolute Gasteiger partial charge is 0.253 e. The molecule has 0 saturated heterocycles. The highest BCUT2D eigenvalue weighted by Gasteiger charge is 2.26. The SMILES string of the molecule is COc1ccc(S(C)(=O)=O)cc1-c1cn(C)c(=O)c2c1CN(C(C)C)CC2. The van der Waals surface area contributed by atoms with Gasteiger partial charge in [-0.3, -0.25) is 9.69 Å². The second-order valence-electron chi connectivity index (χ2n) is 7.36. The zero-order valence-electron chi connectivity index (χ0n) is 16.4. The van der Waals surface area contributed by atoms with E-state index in [-0.39, 0.29) is 10.5 Å². The van der Waals surface area contributed by atoms with Crippen LogP contribution in [-0.4, -0.2) is 43.8 Å². The lowest BCUT2D eigenvalue weighted by molar-refractivity contribution is 0.203. The molecular weight excluding hydrogens is 364 g/mol. The Balaban J connectivity index is 2.30. The van der Waals surface area contributed by atoms with Crippen LogP contribution in [-0.2, 0) is 29.9 Å². The van der Waals surface area contributed by atoms with E-state index in [2.05, 4.69) is 18.7 Å². The average Bonchev–Trinajstić information content (AvgIpc) is 2.63. The minimum Gasteiger partial charge on any atom is -0.496 e. The Labute approximate surface area is 160 Å². The largest absolute Gasteiger partial charge is 0.496 e. The van der Waals surface area contributed by atoms with Crippen molar-refractivity contribution in [2.45, 2.75) is 37.8 Å². The maximum absolute atomic E-state index is 12.7. The molecule has 1 aliphatic heterocycles. The van der Waals surface area contributed by atoms with Crippen LogP contribution in [0.2, 0.25) is 0 Å². The van der Waals surface area contributed by atoms with Crippen molar-refractivity contribution in [3.63, 3.8) is 0 Å². The molecule has 1 aromatic carbocycles. The van der Waals surface area contributed by atoms with Gasteiger partial charge in [0, 0.05) is 55.3 Å². The Morgan fingerprint density at radius 2 is 1.85 bits per heavy atom. The minimum absolute atomic E-state index is 0.00962. The molecule has 1 aromatic heterocycles. The molecule has 146 valence electrons. The molecule has 0 fully saturated rings. The fraction of sp³-hybridized carbons (Fsp3) is 0.450. The topological polar surface area (TPSA) is 68.6 Å². The van der Waals surface area contributed by atoms with Gasteiger partial charge in [0.25, 0.3) is 5.56 Å². The fourth-order valence-electron chi connectivity index (χ4n) is 3.61. The number of aryl methyl sites for hydroxylation is 1.